The Morgan fingerprint density at radius 1 is 0.404 bits per heavy atom. The Bertz CT molecular complexity index is 706. The van der Waals surface area contributed by atoms with E-state index in [1.165, 1.54) is 116 Å². The maximum atomic E-state index is 12.6. The molecule has 0 saturated carbocycles. The van der Waals surface area contributed by atoms with E-state index in [0.717, 1.165) is 63.7 Å². The molecule has 0 rings (SSSR count). The summed E-state index contributed by atoms with van der Waals surface area (Å²) >= 11 is 0. The van der Waals surface area contributed by atoms with Gasteiger partial charge in [0.2, 0.25) is 0 Å². The SMILES string of the molecule is CCCCCCCCCCCCC(=O)O[C@H](COC(=O)CCCCCCCCC)COC(=O)CCCCCCCCCCCC(C)C. The van der Waals surface area contributed by atoms with Crippen molar-refractivity contribution in [2.75, 3.05) is 13.2 Å². The van der Waals surface area contributed by atoms with E-state index in [2.05, 4.69) is 27.7 Å². The largest absolute Gasteiger partial charge is 0.462 e. The fourth-order valence-corrected chi connectivity index (χ4v) is 5.92. The molecule has 0 aromatic heterocycles. The molecule has 47 heavy (non-hydrogen) atoms. The van der Waals surface area contributed by atoms with E-state index >= 15 is 0 Å². The van der Waals surface area contributed by atoms with E-state index in [4.69, 9.17) is 14.2 Å². The number of carbonyl (C=O) groups excluding carboxylic acids is 3. The van der Waals surface area contributed by atoms with Crippen molar-refractivity contribution >= 4 is 17.9 Å². The highest BCUT2D eigenvalue weighted by Gasteiger charge is 2.19. The molecule has 0 fully saturated rings. The number of hydrogen-bond donors (Lipinski definition) is 0. The minimum absolute atomic E-state index is 0.0654. The lowest BCUT2D eigenvalue weighted by Crippen LogP contribution is -2.30. The lowest BCUT2D eigenvalue weighted by atomic mass is 10.0. The zero-order chi connectivity index (χ0) is 34.6. The lowest BCUT2D eigenvalue weighted by Gasteiger charge is -2.18. The quantitative estimate of drug-likeness (QED) is 0.0376. The van der Waals surface area contributed by atoms with Crippen molar-refractivity contribution in [2.24, 2.45) is 5.92 Å². The molecule has 0 amide bonds. The van der Waals surface area contributed by atoms with E-state index in [0.29, 0.717) is 19.3 Å². The van der Waals surface area contributed by atoms with Gasteiger partial charge in [-0.15, -0.1) is 0 Å². The zero-order valence-electron chi connectivity index (χ0n) is 31.7. The van der Waals surface area contributed by atoms with Crippen molar-refractivity contribution in [3.63, 3.8) is 0 Å². The van der Waals surface area contributed by atoms with Crippen molar-refractivity contribution in [1.29, 1.82) is 0 Å². The standard InChI is InChI=1S/C41H78O6/c1-5-7-9-11-13-14-17-22-26-30-34-41(44)47-38(35-45-39(42)32-28-24-19-12-10-8-6-2)36-46-40(43)33-29-25-21-18-15-16-20-23-27-31-37(3)4/h37-38H,5-36H2,1-4H3/t38-/m1/s1. The van der Waals surface area contributed by atoms with Crippen LogP contribution in [0.25, 0.3) is 0 Å². The Balaban J connectivity index is 4.31. The van der Waals surface area contributed by atoms with Gasteiger partial charge in [0.1, 0.15) is 13.2 Å². The Hall–Kier alpha value is -1.59. The van der Waals surface area contributed by atoms with E-state index < -0.39 is 6.10 Å². The van der Waals surface area contributed by atoms with Crippen LogP contribution in [0.3, 0.4) is 0 Å². The van der Waals surface area contributed by atoms with Crippen LogP contribution in [0.2, 0.25) is 0 Å². The van der Waals surface area contributed by atoms with Gasteiger partial charge in [0, 0.05) is 19.3 Å². The third-order valence-corrected chi connectivity index (χ3v) is 9.04. The molecule has 0 spiro atoms. The number of unbranched alkanes of at least 4 members (excludes halogenated alkanes) is 23. The summed E-state index contributed by atoms with van der Waals surface area (Å²) in [5.41, 5.74) is 0. The number of rotatable bonds is 36. The highest BCUT2D eigenvalue weighted by molar-refractivity contribution is 5.71. The molecule has 0 aliphatic carbocycles. The van der Waals surface area contributed by atoms with Crippen LogP contribution >= 0.6 is 0 Å². The summed E-state index contributed by atoms with van der Waals surface area (Å²) in [7, 11) is 0. The monoisotopic (exact) mass is 667 g/mol. The van der Waals surface area contributed by atoms with Gasteiger partial charge in [0.05, 0.1) is 0 Å². The van der Waals surface area contributed by atoms with Gasteiger partial charge in [-0.2, -0.15) is 0 Å². The third-order valence-electron chi connectivity index (χ3n) is 9.04. The maximum Gasteiger partial charge on any atom is 0.306 e. The van der Waals surface area contributed by atoms with Crippen LogP contribution in [0.15, 0.2) is 0 Å². The van der Waals surface area contributed by atoms with E-state index in [1.807, 2.05) is 0 Å². The first-order valence-electron chi connectivity index (χ1n) is 20.4. The Labute approximate surface area is 291 Å². The summed E-state index contributed by atoms with van der Waals surface area (Å²) in [6, 6.07) is 0. The summed E-state index contributed by atoms with van der Waals surface area (Å²) in [4.78, 5) is 37.4. The molecule has 0 bridgehead atoms. The van der Waals surface area contributed by atoms with Gasteiger partial charge in [-0.25, -0.2) is 0 Å². The minimum atomic E-state index is -0.756. The van der Waals surface area contributed by atoms with Crippen LogP contribution in [0.1, 0.15) is 220 Å². The second-order valence-electron chi connectivity index (χ2n) is 14.4. The molecule has 0 aromatic carbocycles. The number of hydrogen-bond acceptors (Lipinski definition) is 6. The second kappa shape index (κ2) is 35.7. The third kappa shape index (κ3) is 35.5. The van der Waals surface area contributed by atoms with Crippen LogP contribution < -0.4 is 0 Å². The molecule has 0 saturated heterocycles. The second-order valence-corrected chi connectivity index (χ2v) is 14.4. The number of carbonyl (C=O) groups is 3. The summed E-state index contributed by atoms with van der Waals surface area (Å²) in [6.45, 7) is 8.90. The van der Waals surface area contributed by atoms with Crippen molar-refractivity contribution in [3.8, 4) is 0 Å². The Kier molecular flexibility index (Phi) is 34.5. The predicted molar refractivity (Wildman–Crippen MR) is 196 cm³/mol. The molecule has 0 heterocycles. The molecule has 0 N–H and O–H groups in total. The van der Waals surface area contributed by atoms with Crippen LogP contribution in [0, 0.1) is 5.92 Å². The summed E-state index contributed by atoms with van der Waals surface area (Å²) < 4.78 is 16.6. The van der Waals surface area contributed by atoms with Gasteiger partial charge in [-0.3, -0.25) is 14.4 Å². The first kappa shape index (κ1) is 45.4. The van der Waals surface area contributed by atoms with Crippen molar-refractivity contribution in [3.05, 3.63) is 0 Å². The van der Waals surface area contributed by atoms with Crippen molar-refractivity contribution in [2.45, 2.75) is 226 Å². The molecule has 0 aliphatic heterocycles. The topological polar surface area (TPSA) is 78.9 Å². The van der Waals surface area contributed by atoms with Gasteiger partial charge < -0.3 is 14.2 Å². The van der Waals surface area contributed by atoms with Crippen LogP contribution in [-0.2, 0) is 28.6 Å². The van der Waals surface area contributed by atoms with Crippen LogP contribution in [0.5, 0.6) is 0 Å². The van der Waals surface area contributed by atoms with Crippen LogP contribution in [-0.4, -0.2) is 37.2 Å². The number of ether oxygens (including phenoxy) is 3. The molecular weight excluding hydrogens is 588 g/mol. The lowest BCUT2D eigenvalue weighted by molar-refractivity contribution is -0.167. The van der Waals surface area contributed by atoms with Gasteiger partial charge in [0.25, 0.3) is 0 Å². The number of esters is 3. The van der Waals surface area contributed by atoms with Gasteiger partial charge in [-0.05, 0) is 25.2 Å². The minimum Gasteiger partial charge on any atom is -0.462 e. The molecule has 278 valence electrons. The Morgan fingerprint density at radius 2 is 0.702 bits per heavy atom. The summed E-state index contributed by atoms with van der Waals surface area (Å²) in [6.07, 6.45) is 32.4. The first-order chi connectivity index (χ1) is 22.9. The predicted octanol–water partition coefficient (Wildman–Crippen LogP) is 12.4. The van der Waals surface area contributed by atoms with Crippen molar-refractivity contribution < 1.29 is 28.6 Å². The highest BCUT2D eigenvalue weighted by Crippen LogP contribution is 2.15. The molecule has 1 atom stereocenters. The molecular formula is C41H78O6. The molecule has 0 radical (unpaired) electrons. The van der Waals surface area contributed by atoms with Gasteiger partial charge in [0.15, 0.2) is 6.10 Å². The molecule has 0 unspecified atom stereocenters. The maximum absolute atomic E-state index is 12.6. The molecule has 0 aliphatic rings. The van der Waals surface area contributed by atoms with E-state index in [-0.39, 0.29) is 31.1 Å². The Morgan fingerprint density at radius 3 is 1.04 bits per heavy atom. The average molecular weight is 667 g/mol. The summed E-state index contributed by atoms with van der Waals surface area (Å²) in [5, 5.41) is 0. The normalized spacial score (nSPS) is 11.9. The first-order valence-corrected chi connectivity index (χ1v) is 20.4. The van der Waals surface area contributed by atoms with Gasteiger partial charge >= 0.3 is 17.9 Å². The molecule has 6 heteroatoms. The smallest absolute Gasteiger partial charge is 0.306 e. The molecule has 6 nitrogen and oxygen atoms in total. The molecule has 0 aromatic rings. The average Bonchev–Trinajstić information content (AvgIpc) is 3.05. The fraction of sp³-hybridized carbons (Fsp3) is 0.927. The fourth-order valence-electron chi connectivity index (χ4n) is 5.92. The van der Waals surface area contributed by atoms with E-state index in [9.17, 15) is 14.4 Å². The highest BCUT2D eigenvalue weighted by atomic mass is 16.6. The van der Waals surface area contributed by atoms with E-state index in [1.54, 1.807) is 0 Å². The van der Waals surface area contributed by atoms with Gasteiger partial charge in [-0.1, -0.05) is 182 Å². The van der Waals surface area contributed by atoms with Crippen molar-refractivity contribution in [1.82, 2.24) is 0 Å². The zero-order valence-corrected chi connectivity index (χ0v) is 31.7. The van der Waals surface area contributed by atoms with Crippen LogP contribution in [0.4, 0.5) is 0 Å². The summed E-state index contributed by atoms with van der Waals surface area (Å²) in [5.74, 6) is -0.0611.